The van der Waals surface area contributed by atoms with Crippen LogP contribution in [0.25, 0.3) is 0 Å². The van der Waals surface area contributed by atoms with E-state index in [9.17, 15) is 13.6 Å². The molecule has 1 rings (SSSR count). The van der Waals surface area contributed by atoms with Crippen molar-refractivity contribution in [3.05, 3.63) is 29.6 Å². The molecule has 1 aromatic rings. The van der Waals surface area contributed by atoms with Crippen LogP contribution in [0.5, 0.6) is 0 Å². The number of carbonyl (C=O) groups is 1. The molecule has 4 nitrogen and oxygen atoms in total. The van der Waals surface area contributed by atoms with E-state index in [0.717, 1.165) is 0 Å². The lowest BCUT2D eigenvalue weighted by Crippen LogP contribution is -2.33. The van der Waals surface area contributed by atoms with E-state index >= 15 is 0 Å². The quantitative estimate of drug-likeness (QED) is 0.786. The van der Waals surface area contributed by atoms with Crippen LogP contribution in [-0.2, 0) is 11.2 Å². The van der Waals surface area contributed by atoms with Crippen LogP contribution in [0.2, 0.25) is 0 Å². The van der Waals surface area contributed by atoms with Gasteiger partial charge in [-0.1, -0.05) is 0 Å². The number of alkyl halides is 2. The summed E-state index contributed by atoms with van der Waals surface area (Å²) in [5.74, 6) is -1.24. The van der Waals surface area contributed by atoms with Crippen molar-refractivity contribution in [3.8, 4) is 0 Å². The number of rotatable bonds is 4. The van der Waals surface area contributed by atoms with Crippen LogP contribution in [0.3, 0.4) is 0 Å². The van der Waals surface area contributed by atoms with Crippen LogP contribution < -0.4 is 5.73 Å². The van der Waals surface area contributed by atoms with Gasteiger partial charge in [-0.25, -0.2) is 8.78 Å². The second-order valence-electron chi connectivity index (χ2n) is 2.99. The van der Waals surface area contributed by atoms with Crippen molar-refractivity contribution in [2.75, 3.05) is 0 Å². The molecule has 1 aromatic heterocycles. The van der Waals surface area contributed by atoms with Gasteiger partial charge in [-0.2, -0.15) is 0 Å². The number of aliphatic carboxylic acids is 1. The Morgan fingerprint density at radius 1 is 1.60 bits per heavy atom. The first-order chi connectivity index (χ1) is 7.02. The Morgan fingerprint density at radius 3 is 2.80 bits per heavy atom. The van der Waals surface area contributed by atoms with Crippen LogP contribution in [0.15, 0.2) is 18.3 Å². The van der Waals surface area contributed by atoms with Crippen molar-refractivity contribution >= 4 is 5.97 Å². The summed E-state index contributed by atoms with van der Waals surface area (Å²) in [6.07, 6.45) is -1.54. The molecule has 0 radical (unpaired) electrons. The van der Waals surface area contributed by atoms with Gasteiger partial charge in [0.05, 0.1) is 5.69 Å². The standard InChI is InChI=1S/C9H10F2N2O2/c10-8(11)5-2-1-3-13-7(5)4-6(12)9(14)15/h1-3,6,8H,4,12H2,(H,14,15). The minimum atomic E-state index is -2.67. The number of hydrogen-bond acceptors (Lipinski definition) is 3. The lowest BCUT2D eigenvalue weighted by Gasteiger charge is -2.09. The van der Waals surface area contributed by atoms with Gasteiger partial charge in [-0.05, 0) is 12.1 Å². The van der Waals surface area contributed by atoms with E-state index in [1.807, 2.05) is 0 Å². The van der Waals surface area contributed by atoms with E-state index in [1.165, 1.54) is 18.3 Å². The third-order valence-corrected chi connectivity index (χ3v) is 1.89. The first kappa shape index (κ1) is 11.5. The molecule has 0 fully saturated rings. The molecule has 0 amide bonds. The molecule has 0 aliphatic rings. The van der Waals surface area contributed by atoms with Gasteiger partial charge in [-0.15, -0.1) is 0 Å². The van der Waals surface area contributed by atoms with Crippen molar-refractivity contribution in [1.82, 2.24) is 4.98 Å². The average molecular weight is 216 g/mol. The monoisotopic (exact) mass is 216 g/mol. The summed E-state index contributed by atoms with van der Waals surface area (Å²) in [6, 6.07) is 1.37. The number of nitrogens with two attached hydrogens (primary N) is 1. The van der Waals surface area contributed by atoms with E-state index in [-0.39, 0.29) is 17.7 Å². The number of aromatic nitrogens is 1. The van der Waals surface area contributed by atoms with Crippen LogP contribution in [-0.4, -0.2) is 22.1 Å². The molecule has 3 N–H and O–H groups in total. The highest BCUT2D eigenvalue weighted by atomic mass is 19.3. The molecule has 1 atom stereocenters. The Morgan fingerprint density at radius 2 is 2.27 bits per heavy atom. The summed E-state index contributed by atoms with van der Waals surface area (Å²) in [7, 11) is 0. The number of carboxylic acid groups (broad SMARTS) is 1. The van der Waals surface area contributed by atoms with Gasteiger partial charge in [0.1, 0.15) is 6.04 Å². The summed E-state index contributed by atoms with van der Waals surface area (Å²) >= 11 is 0. The van der Waals surface area contributed by atoms with Crippen LogP contribution in [0.4, 0.5) is 8.78 Å². The zero-order chi connectivity index (χ0) is 11.4. The number of halogens is 2. The van der Waals surface area contributed by atoms with Gasteiger partial charge in [0.15, 0.2) is 0 Å². The summed E-state index contributed by atoms with van der Waals surface area (Å²) in [4.78, 5) is 14.1. The smallest absolute Gasteiger partial charge is 0.320 e. The van der Waals surface area contributed by atoms with Crippen molar-refractivity contribution in [2.45, 2.75) is 18.9 Å². The van der Waals surface area contributed by atoms with Crippen molar-refractivity contribution in [3.63, 3.8) is 0 Å². The molecule has 15 heavy (non-hydrogen) atoms. The van der Waals surface area contributed by atoms with Gasteiger partial charge in [0, 0.05) is 18.2 Å². The second-order valence-corrected chi connectivity index (χ2v) is 2.99. The summed E-state index contributed by atoms with van der Waals surface area (Å²) in [5.41, 5.74) is 4.99. The Kier molecular flexibility index (Phi) is 3.68. The zero-order valence-corrected chi connectivity index (χ0v) is 7.73. The van der Waals surface area contributed by atoms with E-state index < -0.39 is 18.4 Å². The fourth-order valence-electron chi connectivity index (χ4n) is 1.12. The van der Waals surface area contributed by atoms with Crippen molar-refractivity contribution in [2.24, 2.45) is 5.73 Å². The van der Waals surface area contributed by atoms with Crippen LogP contribution >= 0.6 is 0 Å². The van der Waals surface area contributed by atoms with E-state index in [1.54, 1.807) is 0 Å². The molecule has 0 saturated heterocycles. The number of hydrogen-bond donors (Lipinski definition) is 2. The summed E-state index contributed by atoms with van der Waals surface area (Å²) in [5, 5.41) is 8.53. The maximum Gasteiger partial charge on any atom is 0.320 e. The third-order valence-electron chi connectivity index (χ3n) is 1.89. The number of carboxylic acids is 1. The minimum absolute atomic E-state index is 0.0300. The molecule has 0 aliphatic carbocycles. The Balaban J connectivity index is 2.89. The van der Waals surface area contributed by atoms with Gasteiger partial charge < -0.3 is 10.8 Å². The summed E-state index contributed by atoms with van der Waals surface area (Å²) in [6.45, 7) is 0. The highest BCUT2D eigenvalue weighted by Crippen LogP contribution is 2.21. The number of nitrogens with zero attached hydrogens (tertiary/aromatic N) is 1. The van der Waals surface area contributed by atoms with Gasteiger partial charge >= 0.3 is 5.97 Å². The topological polar surface area (TPSA) is 76.2 Å². The lowest BCUT2D eigenvalue weighted by molar-refractivity contribution is -0.138. The molecule has 0 aliphatic heterocycles. The molecule has 1 unspecified atom stereocenters. The molecule has 1 heterocycles. The van der Waals surface area contributed by atoms with Gasteiger partial charge in [0.2, 0.25) is 0 Å². The fraction of sp³-hybridized carbons (Fsp3) is 0.333. The molecule has 82 valence electrons. The third kappa shape index (κ3) is 2.95. The second kappa shape index (κ2) is 4.79. The zero-order valence-electron chi connectivity index (χ0n) is 7.73. The highest BCUT2D eigenvalue weighted by Gasteiger charge is 2.19. The summed E-state index contributed by atoms with van der Waals surface area (Å²) < 4.78 is 24.9. The first-order valence-electron chi connectivity index (χ1n) is 4.22. The minimum Gasteiger partial charge on any atom is -0.480 e. The van der Waals surface area contributed by atoms with Gasteiger partial charge in [-0.3, -0.25) is 9.78 Å². The molecule has 0 spiro atoms. The van der Waals surface area contributed by atoms with Crippen molar-refractivity contribution < 1.29 is 18.7 Å². The molecule has 0 saturated carbocycles. The van der Waals surface area contributed by atoms with Crippen LogP contribution in [0, 0.1) is 0 Å². The molecular weight excluding hydrogens is 206 g/mol. The Hall–Kier alpha value is -1.56. The SMILES string of the molecule is NC(Cc1ncccc1C(F)F)C(=O)O. The average Bonchev–Trinajstić information content (AvgIpc) is 2.18. The Bertz CT molecular complexity index is 358. The molecular formula is C9H10F2N2O2. The molecule has 6 heteroatoms. The van der Waals surface area contributed by atoms with E-state index in [0.29, 0.717) is 0 Å². The van der Waals surface area contributed by atoms with Crippen LogP contribution in [0.1, 0.15) is 17.7 Å². The molecule has 0 aromatic carbocycles. The van der Waals surface area contributed by atoms with E-state index in [2.05, 4.69) is 4.98 Å². The predicted molar refractivity (Wildman–Crippen MR) is 48.5 cm³/mol. The maximum absolute atomic E-state index is 12.5. The van der Waals surface area contributed by atoms with E-state index in [4.69, 9.17) is 10.8 Å². The maximum atomic E-state index is 12.5. The van der Waals surface area contributed by atoms with Crippen molar-refractivity contribution in [1.29, 1.82) is 0 Å². The largest absolute Gasteiger partial charge is 0.480 e. The normalized spacial score (nSPS) is 12.8. The number of pyridine rings is 1. The van der Waals surface area contributed by atoms with Gasteiger partial charge in [0.25, 0.3) is 6.43 Å². The predicted octanol–water partition coefficient (Wildman–Crippen LogP) is 0.974. The fourth-order valence-corrected chi connectivity index (χ4v) is 1.12. The molecule has 0 bridgehead atoms. The Labute approximate surface area is 84.7 Å². The first-order valence-corrected chi connectivity index (χ1v) is 4.22. The lowest BCUT2D eigenvalue weighted by atomic mass is 10.1. The highest BCUT2D eigenvalue weighted by molar-refractivity contribution is 5.73.